The molecule has 124 valence electrons. The molecule has 0 N–H and O–H groups in total. The van der Waals surface area contributed by atoms with Crippen molar-refractivity contribution in [2.75, 3.05) is 20.2 Å². The minimum absolute atomic E-state index is 0.0798. The van der Waals surface area contributed by atoms with Crippen LogP contribution in [0.3, 0.4) is 0 Å². The van der Waals surface area contributed by atoms with Gasteiger partial charge in [0.25, 0.3) is 0 Å². The monoisotopic (exact) mass is 337 g/mol. The molecule has 0 radical (unpaired) electrons. The molecule has 0 fully saturated rings. The van der Waals surface area contributed by atoms with Gasteiger partial charge in [-0.3, -0.25) is 14.4 Å². The highest BCUT2D eigenvalue weighted by molar-refractivity contribution is 6.30. The summed E-state index contributed by atoms with van der Waals surface area (Å²) >= 11 is 5.77. The van der Waals surface area contributed by atoms with Gasteiger partial charge in [0.1, 0.15) is 0 Å². The fourth-order valence-electron chi connectivity index (χ4n) is 1.96. The van der Waals surface area contributed by atoms with Crippen LogP contribution >= 0.6 is 11.6 Å². The molecule has 5 nitrogen and oxygen atoms in total. The maximum absolute atomic E-state index is 12.2. The van der Waals surface area contributed by atoms with Gasteiger partial charge in [-0.2, -0.15) is 0 Å². The van der Waals surface area contributed by atoms with E-state index in [0.29, 0.717) is 17.1 Å². The van der Waals surface area contributed by atoms with Crippen molar-refractivity contribution in [1.29, 1.82) is 0 Å². The Morgan fingerprint density at radius 2 is 1.83 bits per heavy atom. The molecule has 1 rings (SSSR count). The maximum atomic E-state index is 12.2. The van der Waals surface area contributed by atoms with Crippen LogP contribution in [0.2, 0.25) is 5.02 Å². The first-order valence-electron chi connectivity index (χ1n) is 7.22. The largest absolute Gasteiger partial charge is 0.469 e. The van der Waals surface area contributed by atoms with E-state index in [1.165, 1.54) is 12.0 Å². The number of ketones is 1. The number of hydrogen-bond acceptors (Lipinski definition) is 4. The third kappa shape index (κ3) is 6.65. The van der Waals surface area contributed by atoms with E-state index in [2.05, 4.69) is 11.3 Å². The minimum Gasteiger partial charge on any atom is -0.469 e. The number of carbonyl (C=O) groups excluding carboxylic acids is 3. The highest BCUT2D eigenvalue weighted by Gasteiger charge is 2.16. The molecule has 6 heteroatoms. The molecular weight excluding hydrogens is 318 g/mol. The second-order valence-corrected chi connectivity index (χ2v) is 5.32. The number of amides is 1. The van der Waals surface area contributed by atoms with E-state index in [1.807, 2.05) is 0 Å². The number of Topliss-reactive ketones (excluding diaryl/α,β-unsaturated/α-hetero) is 1. The lowest BCUT2D eigenvalue weighted by atomic mass is 10.1. The Morgan fingerprint density at radius 3 is 2.39 bits per heavy atom. The first-order valence-corrected chi connectivity index (χ1v) is 7.60. The molecule has 0 heterocycles. The van der Waals surface area contributed by atoms with Crippen LogP contribution in [0.1, 0.15) is 29.6 Å². The van der Waals surface area contributed by atoms with Crippen LogP contribution < -0.4 is 0 Å². The summed E-state index contributed by atoms with van der Waals surface area (Å²) in [5, 5.41) is 0.553. The van der Waals surface area contributed by atoms with Crippen molar-refractivity contribution in [3.05, 3.63) is 47.5 Å². The number of esters is 1. The van der Waals surface area contributed by atoms with Crippen LogP contribution in [0.4, 0.5) is 0 Å². The highest BCUT2D eigenvalue weighted by atomic mass is 35.5. The summed E-state index contributed by atoms with van der Waals surface area (Å²) in [6.07, 6.45) is 1.88. The molecule has 0 unspecified atom stereocenters. The van der Waals surface area contributed by atoms with Crippen LogP contribution in [-0.4, -0.2) is 42.8 Å². The van der Waals surface area contributed by atoms with Crippen molar-refractivity contribution < 1.29 is 19.1 Å². The Balaban J connectivity index is 2.53. The van der Waals surface area contributed by atoms with Gasteiger partial charge in [-0.25, -0.2) is 0 Å². The van der Waals surface area contributed by atoms with E-state index in [0.717, 1.165) is 0 Å². The number of hydrogen-bond donors (Lipinski definition) is 0. The van der Waals surface area contributed by atoms with Gasteiger partial charge in [-0.05, 0) is 24.3 Å². The van der Waals surface area contributed by atoms with E-state index in [-0.39, 0.29) is 43.5 Å². The van der Waals surface area contributed by atoms with Gasteiger partial charge in [0.2, 0.25) is 5.91 Å². The van der Waals surface area contributed by atoms with Gasteiger partial charge < -0.3 is 9.64 Å². The van der Waals surface area contributed by atoms with Gasteiger partial charge >= 0.3 is 5.97 Å². The van der Waals surface area contributed by atoms with Crippen molar-refractivity contribution >= 4 is 29.3 Å². The zero-order chi connectivity index (χ0) is 17.2. The second kappa shape index (κ2) is 9.79. The van der Waals surface area contributed by atoms with Crippen molar-refractivity contribution in [2.45, 2.75) is 19.3 Å². The van der Waals surface area contributed by atoms with Crippen LogP contribution in [0.15, 0.2) is 36.9 Å². The van der Waals surface area contributed by atoms with Gasteiger partial charge in [0.05, 0.1) is 13.5 Å². The number of nitrogens with zero attached hydrogens (tertiary/aromatic N) is 1. The molecule has 0 aromatic heterocycles. The Labute approximate surface area is 140 Å². The predicted octanol–water partition coefficient (Wildman–Crippen LogP) is 2.88. The van der Waals surface area contributed by atoms with E-state index in [9.17, 15) is 14.4 Å². The Hall–Kier alpha value is -2.14. The molecule has 1 amide bonds. The zero-order valence-corrected chi connectivity index (χ0v) is 13.8. The fraction of sp³-hybridized carbons (Fsp3) is 0.353. The van der Waals surface area contributed by atoms with Gasteiger partial charge in [0.15, 0.2) is 5.78 Å². The zero-order valence-electron chi connectivity index (χ0n) is 13.1. The molecule has 0 saturated heterocycles. The number of benzene rings is 1. The molecule has 1 aromatic carbocycles. The average molecular weight is 338 g/mol. The molecule has 0 spiro atoms. The lowest BCUT2D eigenvalue weighted by Gasteiger charge is -2.20. The van der Waals surface area contributed by atoms with Crippen molar-refractivity contribution in [1.82, 2.24) is 4.90 Å². The minimum atomic E-state index is -0.385. The summed E-state index contributed by atoms with van der Waals surface area (Å²) in [5.41, 5.74) is 0.520. The summed E-state index contributed by atoms with van der Waals surface area (Å²) < 4.78 is 4.56. The van der Waals surface area contributed by atoms with Crippen molar-refractivity contribution in [3.63, 3.8) is 0 Å². The van der Waals surface area contributed by atoms with Crippen LogP contribution in [-0.2, 0) is 14.3 Å². The molecular formula is C17H20ClNO4. The molecule has 23 heavy (non-hydrogen) atoms. The Bertz CT molecular complexity index is 568. The Morgan fingerprint density at radius 1 is 1.17 bits per heavy atom. The first-order chi connectivity index (χ1) is 11.0. The molecule has 0 saturated carbocycles. The first kappa shape index (κ1) is 18.9. The normalized spacial score (nSPS) is 10.0. The Kier molecular flexibility index (Phi) is 8.05. The van der Waals surface area contributed by atoms with E-state index < -0.39 is 0 Å². The van der Waals surface area contributed by atoms with Gasteiger partial charge in [0, 0.05) is 36.5 Å². The molecule has 0 aliphatic heterocycles. The topological polar surface area (TPSA) is 63.7 Å². The fourth-order valence-corrected chi connectivity index (χ4v) is 2.09. The number of carbonyl (C=O) groups is 3. The number of rotatable bonds is 9. The van der Waals surface area contributed by atoms with Crippen LogP contribution in [0.5, 0.6) is 0 Å². The molecule has 1 aromatic rings. The third-order valence-corrected chi connectivity index (χ3v) is 3.50. The van der Waals surface area contributed by atoms with Crippen molar-refractivity contribution in [3.8, 4) is 0 Å². The molecule has 0 atom stereocenters. The number of methoxy groups -OCH3 is 1. The standard InChI is InChI=1S/C17H20ClNO4/c1-3-11-19(12-10-17(22)23-2)16(21)9-8-15(20)13-4-6-14(18)7-5-13/h3-7H,1,8-12H2,2H3. The van der Waals surface area contributed by atoms with Gasteiger partial charge in [-0.15, -0.1) is 6.58 Å². The van der Waals surface area contributed by atoms with E-state index in [4.69, 9.17) is 11.6 Å². The van der Waals surface area contributed by atoms with E-state index in [1.54, 1.807) is 30.3 Å². The predicted molar refractivity (Wildman–Crippen MR) is 88.4 cm³/mol. The van der Waals surface area contributed by atoms with E-state index >= 15 is 0 Å². The quantitative estimate of drug-likeness (QED) is 0.395. The van der Waals surface area contributed by atoms with Crippen molar-refractivity contribution in [2.24, 2.45) is 0 Å². The second-order valence-electron chi connectivity index (χ2n) is 4.88. The smallest absolute Gasteiger partial charge is 0.307 e. The molecule has 0 bridgehead atoms. The summed E-state index contributed by atoms with van der Waals surface area (Å²) in [7, 11) is 1.30. The summed E-state index contributed by atoms with van der Waals surface area (Å²) in [4.78, 5) is 36.9. The highest BCUT2D eigenvalue weighted by Crippen LogP contribution is 2.12. The van der Waals surface area contributed by atoms with Crippen LogP contribution in [0, 0.1) is 0 Å². The summed E-state index contributed by atoms with van der Waals surface area (Å²) in [6.45, 7) is 4.16. The molecule has 0 aliphatic carbocycles. The lowest BCUT2D eigenvalue weighted by molar-refractivity contribution is -0.141. The molecule has 0 aliphatic rings. The third-order valence-electron chi connectivity index (χ3n) is 3.25. The number of ether oxygens (including phenoxy) is 1. The number of halogens is 1. The van der Waals surface area contributed by atoms with Gasteiger partial charge in [-0.1, -0.05) is 17.7 Å². The SMILES string of the molecule is C=CCN(CCC(=O)OC)C(=O)CCC(=O)c1ccc(Cl)cc1. The summed E-state index contributed by atoms with van der Waals surface area (Å²) in [5.74, 6) is -0.707. The average Bonchev–Trinajstić information content (AvgIpc) is 2.56. The summed E-state index contributed by atoms with van der Waals surface area (Å²) in [6, 6.07) is 6.54. The maximum Gasteiger partial charge on any atom is 0.307 e. The lowest BCUT2D eigenvalue weighted by Crippen LogP contribution is -2.33. The van der Waals surface area contributed by atoms with Crippen LogP contribution in [0.25, 0.3) is 0 Å².